The summed E-state index contributed by atoms with van der Waals surface area (Å²) in [6.45, 7) is 3.11. The van der Waals surface area contributed by atoms with Crippen molar-refractivity contribution >= 4 is 5.70 Å². The van der Waals surface area contributed by atoms with E-state index in [1.54, 1.807) is 13.8 Å². The molecule has 0 aromatic carbocycles. The average molecular weight is 179 g/mol. The van der Waals surface area contributed by atoms with Crippen molar-refractivity contribution in [2.75, 3.05) is 0 Å². The summed E-state index contributed by atoms with van der Waals surface area (Å²) < 4.78 is 1.25. The van der Waals surface area contributed by atoms with Crippen LogP contribution in [0.2, 0.25) is 0 Å². The largest absolute Gasteiger partial charge is 0.384 e. The number of nitriles is 1. The lowest BCUT2D eigenvalue weighted by atomic mass is 10.1. The molecule has 0 atom stereocenters. The molecular weight excluding hydrogens is 170 g/mol. The number of nitrogens with zero attached hydrogens (tertiary/aromatic N) is 5. The van der Waals surface area contributed by atoms with Gasteiger partial charge in [-0.15, -0.1) is 5.10 Å². The van der Waals surface area contributed by atoms with Crippen molar-refractivity contribution in [3.8, 4) is 6.07 Å². The summed E-state index contributed by atoms with van der Waals surface area (Å²) in [7, 11) is 0. The summed E-state index contributed by atoms with van der Waals surface area (Å²) in [6, 6.07) is 1.82. The van der Waals surface area contributed by atoms with E-state index in [2.05, 4.69) is 15.5 Å². The van der Waals surface area contributed by atoms with Gasteiger partial charge in [0.1, 0.15) is 11.9 Å². The van der Waals surface area contributed by atoms with Gasteiger partial charge >= 0.3 is 0 Å². The monoisotopic (exact) mass is 179 g/mol. The molecule has 1 heterocycles. The van der Waals surface area contributed by atoms with E-state index in [9.17, 15) is 5.11 Å². The predicted octanol–water partition coefficient (Wildman–Crippen LogP) is -0.192. The van der Waals surface area contributed by atoms with Crippen LogP contribution in [-0.4, -0.2) is 30.9 Å². The molecule has 1 aromatic rings. The van der Waals surface area contributed by atoms with Crippen molar-refractivity contribution in [3.63, 3.8) is 0 Å². The Morgan fingerprint density at radius 2 is 2.38 bits per heavy atom. The summed E-state index contributed by atoms with van der Waals surface area (Å²) >= 11 is 0. The van der Waals surface area contributed by atoms with Gasteiger partial charge in [0, 0.05) is 6.08 Å². The van der Waals surface area contributed by atoms with E-state index in [4.69, 9.17) is 5.26 Å². The summed E-state index contributed by atoms with van der Waals surface area (Å²) in [4.78, 5) is 0. The van der Waals surface area contributed by atoms with Gasteiger partial charge in [0.15, 0.2) is 0 Å². The smallest absolute Gasteiger partial charge is 0.143 e. The van der Waals surface area contributed by atoms with E-state index in [1.165, 1.54) is 17.1 Å². The predicted molar refractivity (Wildman–Crippen MR) is 44.0 cm³/mol. The lowest BCUT2D eigenvalue weighted by Gasteiger charge is -2.19. The Kier molecular flexibility index (Phi) is 2.39. The zero-order valence-electron chi connectivity index (χ0n) is 7.34. The minimum atomic E-state index is -1.15. The molecule has 6 nitrogen and oxygen atoms in total. The number of rotatable bonds is 2. The van der Waals surface area contributed by atoms with Crippen LogP contribution >= 0.6 is 0 Å². The third-order valence-corrected chi connectivity index (χ3v) is 1.42. The standard InChI is InChI=1S/C7H9N5O/c1-7(2,13)6(3-4-8)12-5-9-10-11-12/h3,5,13H,1-2H3. The lowest BCUT2D eigenvalue weighted by Crippen LogP contribution is -2.25. The molecule has 1 N–H and O–H groups in total. The molecule has 13 heavy (non-hydrogen) atoms. The van der Waals surface area contributed by atoms with E-state index in [1.807, 2.05) is 6.07 Å². The van der Waals surface area contributed by atoms with Crippen molar-refractivity contribution in [2.24, 2.45) is 0 Å². The topological polar surface area (TPSA) is 87.6 Å². The molecule has 68 valence electrons. The first kappa shape index (κ1) is 9.35. The summed E-state index contributed by atoms with van der Waals surface area (Å²) in [5.74, 6) is 0. The number of hydrogen-bond donors (Lipinski definition) is 1. The van der Waals surface area contributed by atoms with Crippen LogP contribution in [-0.2, 0) is 0 Å². The maximum absolute atomic E-state index is 9.64. The van der Waals surface area contributed by atoms with Gasteiger partial charge in [-0.3, -0.25) is 0 Å². The molecule has 0 saturated carbocycles. The van der Waals surface area contributed by atoms with Crippen molar-refractivity contribution in [3.05, 3.63) is 12.4 Å². The normalized spacial score (nSPS) is 12.6. The molecule has 1 rings (SSSR count). The van der Waals surface area contributed by atoms with Crippen LogP contribution in [0, 0.1) is 11.3 Å². The van der Waals surface area contributed by atoms with E-state index >= 15 is 0 Å². The van der Waals surface area contributed by atoms with Gasteiger partial charge in [-0.25, -0.2) is 4.68 Å². The van der Waals surface area contributed by atoms with Crippen LogP contribution in [0.15, 0.2) is 12.4 Å². The first-order valence-corrected chi connectivity index (χ1v) is 3.61. The Labute approximate surface area is 75.1 Å². The lowest BCUT2D eigenvalue weighted by molar-refractivity contribution is 0.136. The van der Waals surface area contributed by atoms with Gasteiger partial charge in [0.2, 0.25) is 0 Å². The highest BCUT2D eigenvalue weighted by atomic mass is 16.3. The van der Waals surface area contributed by atoms with Crippen LogP contribution < -0.4 is 0 Å². The fraction of sp³-hybridized carbons (Fsp3) is 0.429. The van der Waals surface area contributed by atoms with Gasteiger partial charge in [-0.1, -0.05) is 0 Å². The van der Waals surface area contributed by atoms with E-state index in [0.29, 0.717) is 5.70 Å². The molecule has 0 aliphatic carbocycles. The first-order valence-electron chi connectivity index (χ1n) is 3.61. The summed E-state index contributed by atoms with van der Waals surface area (Å²) in [6.07, 6.45) is 2.53. The molecular formula is C7H9N5O. The molecule has 0 radical (unpaired) electrons. The van der Waals surface area contributed by atoms with Crippen molar-refractivity contribution < 1.29 is 5.11 Å². The van der Waals surface area contributed by atoms with Crippen LogP contribution in [0.3, 0.4) is 0 Å². The Morgan fingerprint density at radius 1 is 1.69 bits per heavy atom. The molecule has 0 saturated heterocycles. The zero-order valence-corrected chi connectivity index (χ0v) is 7.34. The van der Waals surface area contributed by atoms with Crippen molar-refractivity contribution in [2.45, 2.75) is 19.4 Å². The van der Waals surface area contributed by atoms with Gasteiger partial charge in [0.25, 0.3) is 0 Å². The molecule has 0 fully saturated rings. The van der Waals surface area contributed by atoms with Gasteiger partial charge in [0.05, 0.1) is 11.8 Å². The molecule has 0 aliphatic heterocycles. The van der Waals surface area contributed by atoms with Gasteiger partial charge in [-0.05, 0) is 24.3 Å². The van der Waals surface area contributed by atoms with Crippen molar-refractivity contribution in [1.29, 1.82) is 5.26 Å². The number of allylic oxidation sites excluding steroid dienone is 1. The van der Waals surface area contributed by atoms with Gasteiger partial charge in [-0.2, -0.15) is 5.26 Å². The number of aromatic nitrogens is 4. The number of aliphatic hydroxyl groups is 1. The first-order chi connectivity index (χ1) is 6.05. The molecule has 1 aromatic heterocycles. The molecule has 0 amide bonds. The zero-order chi connectivity index (χ0) is 9.90. The van der Waals surface area contributed by atoms with Crippen molar-refractivity contribution in [1.82, 2.24) is 20.2 Å². The quantitative estimate of drug-likeness (QED) is 0.635. The van der Waals surface area contributed by atoms with Gasteiger partial charge < -0.3 is 5.11 Å². The second-order valence-electron chi connectivity index (χ2n) is 2.97. The highest BCUT2D eigenvalue weighted by Gasteiger charge is 2.21. The Balaban J connectivity index is 3.11. The van der Waals surface area contributed by atoms with Crippen LogP contribution in [0.25, 0.3) is 5.70 Å². The minimum absolute atomic E-state index is 0.333. The highest BCUT2D eigenvalue weighted by molar-refractivity contribution is 5.54. The molecule has 0 bridgehead atoms. The van der Waals surface area contributed by atoms with Crippen LogP contribution in [0.5, 0.6) is 0 Å². The maximum Gasteiger partial charge on any atom is 0.143 e. The third-order valence-electron chi connectivity index (χ3n) is 1.42. The number of tetrazole rings is 1. The fourth-order valence-corrected chi connectivity index (χ4v) is 0.856. The van der Waals surface area contributed by atoms with E-state index in [0.717, 1.165) is 0 Å². The second-order valence-corrected chi connectivity index (χ2v) is 2.97. The Bertz CT molecular complexity index is 340. The molecule has 0 spiro atoms. The Morgan fingerprint density at radius 3 is 2.77 bits per heavy atom. The fourth-order valence-electron chi connectivity index (χ4n) is 0.856. The maximum atomic E-state index is 9.64. The molecule has 0 unspecified atom stereocenters. The molecule has 6 heteroatoms. The minimum Gasteiger partial charge on any atom is -0.384 e. The van der Waals surface area contributed by atoms with E-state index in [-0.39, 0.29) is 0 Å². The van der Waals surface area contributed by atoms with Crippen LogP contribution in [0.1, 0.15) is 13.8 Å². The highest BCUT2D eigenvalue weighted by Crippen LogP contribution is 2.18. The Hall–Kier alpha value is -1.74. The SMILES string of the molecule is CC(C)(O)C(=CC#N)n1cnnn1. The summed E-state index contributed by atoms with van der Waals surface area (Å²) in [5, 5.41) is 28.5. The molecule has 0 aliphatic rings. The van der Waals surface area contributed by atoms with E-state index < -0.39 is 5.60 Å². The average Bonchev–Trinajstić information content (AvgIpc) is 2.49. The van der Waals surface area contributed by atoms with Crippen LogP contribution in [0.4, 0.5) is 0 Å². The summed E-state index contributed by atoms with van der Waals surface area (Å²) in [5.41, 5.74) is -0.814. The number of hydrogen-bond acceptors (Lipinski definition) is 5. The second kappa shape index (κ2) is 3.33. The third kappa shape index (κ3) is 2.10.